The molecule has 1 heterocycles. The molecule has 0 unspecified atom stereocenters. The molecular formula is H2O5P2S2. The Balaban J connectivity index is 2.48. The van der Waals surface area contributed by atoms with E-state index in [-0.39, 0.29) is 0 Å². The third kappa shape index (κ3) is 2.82. The van der Waals surface area contributed by atoms with Crippen LogP contribution in [0.3, 0.4) is 0 Å². The molecule has 1 rings (SSSR count). The Labute approximate surface area is 60.0 Å². The summed E-state index contributed by atoms with van der Waals surface area (Å²) in [6, 6.07) is 0. The fourth-order valence-corrected chi connectivity index (χ4v) is 3.62. The van der Waals surface area contributed by atoms with E-state index < -0.39 is 16.8 Å². The molecule has 5 nitrogen and oxygen atoms in total. The smallest absolute Gasteiger partial charge is 0.328 e. The normalized spacial score (nSPS) is 10.6. The Morgan fingerprint density at radius 3 is 2.33 bits per heavy atom. The second-order valence-electron chi connectivity index (χ2n) is 0.843. The minimum absolute atomic E-state index is 1.01. The zero-order valence-corrected chi connectivity index (χ0v) is 7.25. The maximum atomic E-state index is 8.25. The van der Waals surface area contributed by atoms with E-state index in [1.807, 2.05) is 0 Å². The summed E-state index contributed by atoms with van der Waals surface area (Å²) in [4.78, 5) is 16.5. The Morgan fingerprint density at radius 2 is 1.89 bits per heavy atom. The van der Waals surface area contributed by atoms with Crippen molar-refractivity contribution < 1.29 is 21.4 Å². The lowest BCUT2D eigenvalue weighted by Crippen LogP contribution is -1.76. The van der Waals surface area contributed by atoms with E-state index in [1.165, 1.54) is 0 Å². The van der Waals surface area contributed by atoms with E-state index in [2.05, 4.69) is 11.6 Å². The first-order valence-corrected chi connectivity index (χ1v) is 5.89. The average molecular weight is 208 g/mol. The van der Waals surface area contributed by atoms with Crippen molar-refractivity contribution >= 4 is 38.1 Å². The quantitative estimate of drug-likeness (QED) is 0.571. The van der Waals surface area contributed by atoms with Crippen molar-refractivity contribution in [3.05, 3.63) is 0 Å². The molecule has 0 fully saturated rings. The molecule has 0 aliphatic carbocycles. The van der Waals surface area contributed by atoms with Crippen LogP contribution < -0.4 is 4.31 Å². The Morgan fingerprint density at radius 1 is 1.33 bits per heavy atom. The van der Waals surface area contributed by atoms with Gasteiger partial charge in [-0.2, -0.15) is 4.31 Å². The van der Waals surface area contributed by atoms with Crippen LogP contribution in [0.25, 0.3) is 0 Å². The van der Waals surface area contributed by atoms with Crippen molar-refractivity contribution in [1.82, 2.24) is 0 Å². The Bertz CT molecular complexity index is 159. The molecule has 9 heteroatoms. The van der Waals surface area contributed by atoms with Crippen LogP contribution in [-0.2, 0) is 0 Å². The standard InChI is InChI=1S/H2O5P2S2/c1-6(2)3-7-4-8-9-5-7/h1-2H. The fourth-order valence-electron chi connectivity index (χ4n) is 0.174. The average Bonchev–Trinajstić information content (AvgIpc) is 2.15. The van der Waals surface area contributed by atoms with Gasteiger partial charge < -0.3 is 17.0 Å². The predicted molar refractivity (Wildman–Crippen MR) is 35.0 cm³/mol. The molecule has 0 bridgehead atoms. The molecule has 0 spiro atoms. The predicted octanol–water partition coefficient (Wildman–Crippen LogP) is 1.75. The van der Waals surface area contributed by atoms with Gasteiger partial charge in [-0.25, -0.2) is 0 Å². The molecule has 0 atom stereocenters. The SMILES string of the molecule is OP(O)Op1osso1. The fraction of sp³-hybridized carbons (Fsp3) is 0. The summed E-state index contributed by atoms with van der Waals surface area (Å²) < 4.78 is 13.7. The van der Waals surface area contributed by atoms with E-state index in [0.29, 0.717) is 0 Å². The van der Waals surface area contributed by atoms with Gasteiger partial charge in [-0.05, 0) is 0 Å². The van der Waals surface area contributed by atoms with Gasteiger partial charge >= 0.3 is 16.8 Å². The van der Waals surface area contributed by atoms with Crippen LogP contribution in [0.5, 0.6) is 0 Å². The summed E-state index contributed by atoms with van der Waals surface area (Å²) in [5.74, 6) is 0. The van der Waals surface area contributed by atoms with Crippen LogP contribution in [0.1, 0.15) is 0 Å². The summed E-state index contributed by atoms with van der Waals surface area (Å²) in [5.41, 5.74) is 0. The molecule has 0 amide bonds. The summed E-state index contributed by atoms with van der Waals surface area (Å²) in [6.45, 7) is 0. The van der Waals surface area contributed by atoms with E-state index in [0.717, 1.165) is 21.3 Å². The van der Waals surface area contributed by atoms with Crippen LogP contribution in [-0.4, -0.2) is 9.79 Å². The molecular weight excluding hydrogens is 206 g/mol. The van der Waals surface area contributed by atoms with Crippen molar-refractivity contribution in [2.75, 3.05) is 0 Å². The summed E-state index contributed by atoms with van der Waals surface area (Å²) in [7, 11) is -1.87. The Hall–Kier alpha value is 0.650. The van der Waals surface area contributed by atoms with E-state index in [9.17, 15) is 0 Å². The summed E-state index contributed by atoms with van der Waals surface area (Å²) >= 11 is 0. The van der Waals surface area contributed by atoms with Gasteiger partial charge in [-0.15, -0.1) is 0 Å². The molecule has 2 N–H and O–H groups in total. The van der Waals surface area contributed by atoms with E-state index in [1.54, 1.807) is 0 Å². The zero-order valence-electron chi connectivity index (χ0n) is 3.83. The first kappa shape index (κ1) is 7.75. The van der Waals surface area contributed by atoms with Crippen LogP contribution in [0.2, 0.25) is 0 Å². The van der Waals surface area contributed by atoms with Crippen molar-refractivity contribution in [2.45, 2.75) is 0 Å². The van der Waals surface area contributed by atoms with Crippen LogP contribution in [0.15, 0.2) is 7.26 Å². The lowest BCUT2D eigenvalue weighted by molar-refractivity contribution is 0.401. The van der Waals surface area contributed by atoms with Crippen LogP contribution in [0.4, 0.5) is 0 Å². The van der Waals surface area contributed by atoms with Crippen molar-refractivity contribution in [2.24, 2.45) is 0 Å². The highest BCUT2D eigenvalue weighted by Crippen LogP contribution is 2.39. The molecule has 0 aliphatic heterocycles. The lowest BCUT2D eigenvalue weighted by Gasteiger charge is -1.92. The van der Waals surface area contributed by atoms with Gasteiger partial charge in [-0.1, -0.05) is 0 Å². The second-order valence-corrected chi connectivity index (χ2v) is 4.73. The number of hydrogen-bond acceptors (Lipinski definition) is 7. The van der Waals surface area contributed by atoms with Gasteiger partial charge in [0.05, 0.1) is 0 Å². The van der Waals surface area contributed by atoms with Gasteiger partial charge in [0.15, 0.2) is 0 Å². The van der Waals surface area contributed by atoms with Crippen molar-refractivity contribution in [1.29, 1.82) is 0 Å². The molecule has 0 saturated heterocycles. The van der Waals surface area contributed by atoms with E-state index >= 15 is 0 Å². The highest BCUT2D eigenvalue weighted by atomic mass is 32.9. The first-order chi connectivity index (χ1) is 4.29. The minimum Gasteiger partial charge on any atom is -0.328 e. The second kappa shape index (κ2) is 3.73. The number of hydrogen-bond donors (Lipinski definition) is 2. The molecule has 1 aromatic heterocycles. The molecule has 54 valence electrons. The number of rotatable bonds is 2. The largest absolute Gasteiger partial charge is 0.420 e. The maximum Gasteiger partial charge on any atom is 0.420 e. The van der Waals surface area contributed by atoms with Gasteiger partial charge in [0, 0.05) is 0 Å². The monoisotopic (exact) mass is 208 g/mol. The first-order valence-electron chi connectivity index (χ1n) is 1.63. The molecule has 0 saturated carbocycles. The van der Waals surface area contributed by atoms with Gasteiger partial charge in [0.1, 0.15) is 21.3 Å². The zero-order chi connectivity index (χ0) is 6.69. The third-order valence-electron chi connectivity index (χ3n) is 0.350. The molecule has 0 aliphatic rings. The summed E-state index contributed by atoms with van der Waals surface area (Å²) in [5, 5.41) is 0. The summed E-state index contributed by atoms with van der Waals surface area (Å²) in [6.07, 6.45) is 0. The van der Waals surface area contributed by atoms with Gasteiger partial charge in [-0.3, -0.25) is 0 Å². The van der Waals surface area contributed by atoms with Crippen molar-refractivity contribution in [3.63, 3.8) is 0 Å². The van der Waals surface area contributed by atoms with E-state index in [4.69, 9.17) is 9.79 Å². The molecule has 0 aromatic carbocycles. The lowest BCUT2D eigenvalue weighted by atomic mass is 15.8. The van der Waals surface area contributed by atoms with Gasteiger partial charge in [0.25, 0.3) is 0 Å². The highest BCUT2D eigenvalue weighted by Gasteiger charge is 2.06. The highest BCUT2D eigenvalue weighted by molar-refractivity contribution is 7.68. The topological polar surface area (TPSA) is 76.0 Å². The van der Waals surface area contributed by atoms with Crippen molar-refractivity contribution in [3.8, 4) is 0 Å². The third-order valence-corrected chi connectivity index (χ3v) is 4.25. The molecule has 1 aromatic rings. The molecule has 9 heavy (non-hydrogen) atoms. The molecule has 0 radical (unpaired) electrons. The minimum atomic E-state index is -2.36. The van der Waals surface area contributed by atoms with Crippen LogP contribution in [0, 0.1) is 0 Å². The maximum absolute atomic E-state index is 8.25. The van der Waals surface area contributed by atoms with Gasteiger partial charge in [0.2, 0.25) is 0 Å². The van der Waals surface area contributed by atoms with Crippen LogP contribution >= 0.6 is 38.1 Å². The Kier molecular flexibility index (Phi) is 3.21.